The van der Waals surface area contributed by atoms with E-state index >= 15 is 0 Å². The van der Waals surface area contributed by atoms with Gasteiger partial charge in [0.1, 0.15) is 0 Å². The largest absolute Gasteiger partial charge is 2.00 e. The Morgan fingerprint density at radius 3 is 1.09 bits per heavy atom. The van der Waals surface area contributed by atoms with Crippen LogP contribution < -0.4 is 10.2 Å². The second-order valence-corrected chi connectivity index (χ2v) is 5.65. The summed E-state index contributed by atoms with van der Waals surface area (Å²) >= 11 is 0. The van der Waals surface area contributed by atoms with Crippen LogP contribution in [0.3, 0.4) is 0 Å². The molecular formula is C15H28O7Zr. The minimum absolute atomic E-state index is 0. The molecule has 7 nitrogen and oxygen atoms in total. The summed E-state index contributed by atoms with van der Waals surface area (Å²) in [6.07, 6.45) is -0.0669. The number of carboxylic acid groups (broad SMARTS) is 2. The standard InChI is InChI=1S/C7H14O3.2C4H8O2.Zr/c1-5(2)7(8)10-9-6(3)4;2*1-3(2)4(5)6;/h5-6H,1-4H3;2*3H,1-2H3,(H,5,6);/q;;;+2/p-2. The van der Waals surface area contributed by atoms with Crippen molar-refractivity contribution in [2.45, 2.75) is 61.5 Å². The van der Waals surface area contributed by atoms with E-state index in [0.717, 1.165) is 0 Å². The van der Waals surface area contributed by atoms with Crippen molar-refractivity contribution < 1.29 is 60.6 Å². The Hall–Kier alpha value is -0.747. The molecule has 0 amide bonds. The summed E-state index contributed by atoms with van der Waals surface area (Å²) in [7, 11) is 0. The fraction of sp³-hybridized carbons (Fsp3) is 0.800. The van der Waals surface area contributed by atoms with E-state index in [9.17, 15) is 24.6 Å². The van der Waals surface area contributed by atoms with Crippen LogP contribution in [0.5, 0.6) is 0 Å². The maximum atomic E-state index is 10.7. The molecule has 23 heavy (non-hydrogen) atoms. The molecule has 0 aliphatic rings. The molecule has 134 valence electrons. The van der Waals surface area contributed by atoms with Gasteiger partial charge in [0, 0.05) is 11.9 Å². The quantitative estimate of drug-likeness (QED) is 0.472. The Kier molecular flexibility index (Phi) is 23.1. The first-order valence-corrected chi connectivity index (χ1v) is 7.11. The number of rotatable bonds is 5. The first-order chi connectivity index (χ1) is 9.82. The molecule has 0 aromatic heterocycles. The Balaban J connectivity index is -0.000000122. The zero-order valence-corrected chi connectivity index (χ0v) is 17.6. The van der Waals surface area contributed by atoms with Crippen molar-refractivity contribution in [2.75, 3.05) is 0 Å². The summed E-state index contributed by atoms with van der Waals surface area (Å²) in [6.45, 7) is 13.4. The van der Waals surface area contributed by atoms with Crippen LogP contribution in [0.1, 0.15) is 55.4 Å². The van der Waals surface area contributed by atoms with Crippen molar-refractivity contribution in [2.24, 2.45) is 17.8 Å². The van der Waals surface area contributed by atoms with E-state index in [1.165, 1.54) is 0 Å². The molecule has 0 aliphatic heterocycles. The summed E-state index contributed by atoms with van der Waals surface area (Å²) in [6, 6.07) is 0. The van der Waals surface area contributed by atoms with E-state index in [1.54, 1.807) is 55.4 Å². The molecule has 0 fully saturated rings. The van der Waals surface area contributed by atoms with Crippen LogP contribution in [-0.2, 0) is 50.4 Å². The SMILES string of the molecule is CC(C)C(=O)[O-].CC(C)C(=O)[O-].CC(C)OOC(=O)C(C)C.[Zr+2]. The summed E-state index contributed by atoms with van der Waals surface area (Å²) < 4.78 is 0. The van der Waals surface area contributed by atoms with Crippen LogP contribution in [0, 0.1) is 17.8 Å². The van der Waals surface area contributed by atoms with Gasteiger partial charge in [-0.25, -0.2) is 4.79 Å². The summed E-state index contributed by atoms with van der Waals surface area (Å²) in [5.41, 5.74) is 0. The summed E-state index contributed by atoms with van der Waals surface area (Å²) in [4.78, 5) is 38.9. The van der Waals surface area contributed by atoms with Crippen molar-refractivity contribution in [3.8, 4) is 0 Å². The van der Waals surface area contributed by atoms with Gasteiger partial charge in [-0.05, 0) is 25.7 Å². The van der Waals surface area contributed by atoms with Crippen LogP contribution in [0.4, 0.5) is 0 Å². The van der Waals surface area contributed by atoms with Crippen LogP contribution >= 0.6 is 0 Å². The number of hydrogen-bond acceptors (Lipinski definition) is 7. The predicted octanol–water partition coefficient (Wildman–Crippen LogP) is 0.308. The van der Waals surface area contributed by atoms with E-state index in [-0.39, 0.29) is 56.0 Å². The van der Waals surface area contributed by atoms with Crippen molar-refractivity contribution >= 4 is 17.9 Å². The molecule has 0 heterocycles. The monoisotopic (exact) mass is 410 g/mol. The van der Waals surface area contributed by atoms with Crippen molar-refractivity contribution in [1.29, 1.82) is 0 Å². The van der Waals surface area contributed by atoms with E-state index < -0.39 is 11.9 Å². The average Bonchev–Trinajstić information content (AvgIpc) is 2.36. The van der Waals surface area contributed by atoms with Gasteiger partial charge in [0.15, 0.2) is 0 Å². The van der Waals surface area contributed by atoms with Crippen LogP contribution in [0.15, 0.2) is 0 Å². The van der Waals surface area contributed by atoms with Gasteiger partial charge in [0.2, 0.25) is 0 Å². The van der Waals surface area contributed by atoms with Gasteiger partial charge in [0.25, 0.3) is 0 Å². The van der Waals surface area contributed by atoms with Gasteiger partial charge >= 0.3 is 32.2 Å². The Bertz CT molecular complexity index is 308. The average molecular weight is 412 g/mol. The van der Waals surface area contributed by atoms with Gasteiger partial charge in [-0.2, -0.15) is 4.89 Å². The Morgan fingerprint density at radius 1 is 0.696 bits per heavy atom. The minimum Gasteiger partial charge on any atom is -0.550 e. The number of aliphatic carboxylic acids is 2. The van der Waals surface area contributed by atoms with Crippen molar-refractivity contribution in [3.05, 3.63) is 0 Å². The molecule has 0 bridgehead atoms. The van der Waals surface area contributed by atoms with Gasteiger partial charge in [0.05, 0.1) is 12.0 Å². The topological polar surface area (TPSA) is 116 Å². The third kappa shape index (κ3) is 29.8. The first kappa shape index (κ1) is 30.2. The van der Waals surface area contributed by atoms with E-state index in [2.05, 4.69) is 9.78 Å². The molecule has 8 heteroatoms. The molecule has 0 aliphatic carbocycles. The van der Waals surface area contributed by atoms with Gasteiger partial charge in [-0.1, -0.05) is 41.5 Å². The van der Waals surface area contributed by atoms with E-state index in [1.807, 2.05) is 0 Å². The second-order valence-electron chi connectivity index (χ2n) is 5.65. The first-order valence-electron chi connectivity index (χ1n) is 7.11. The summed E-state index contributed by atoms with van der Waals surface area (Å²) in [5, 5.41) is 19.2. The third-order valence-electron chi connectivity index (χ3n) is 1.74. The number of carboxylic acids is 2. The molecular weight excluding hydrogens is 383 g/mol. The van der Waals surface area contributed by atoms with Gasteiger partial charge < -0.3 is 19.8 Å². The summed E-state index contributed by atoms with van der Waals surface area (Å²) in [5.74, 6) is -3.12. The fourth-order valence-corrected chi connectivity index (χ4v) is 0.240. The van der Waals surface area contributed by atoms with Gasteiger partial charge in [-0.3, -0.25) is 4.89 Å². The van der Waals surface area contributed by atoms with E-state index in [0.29, 0.717) is 0 Å². The molecule has 0 radical (unpaired) electrons. The molecule has 0 spiro atoms. The molecule has 0 aromatic carbocycles. The minimum atomic E-state index is -0.991. The number of carbonyl (C=O) groups excluding carboxylic acids is 3. The zero-order chi connectivity index (χ0) is 18.5. The van der Waals surface area contributed by atoms with Crippen LogP contribution in [-0.4, -0.2) is 24.0 Å². The smallest absolute Gasteiger partial charge is 0.550 e. The Morgan fingerprint density at radius 2 is 0.957 bits per heavy atom. The second kappa shape index (κ2) is 17.6. The molecule has 0 saturated heterocycles. The molecule has 0 saturated carbocycles. The normalized spacial score (nSPS) is 9.39. The van der Waals surface area contributed by atoms with Gasteiger partial charge in [-0.15, -0.1) is 0 Å². The van der Waals surface area contributed by atoms with E-state index in [4.69, 9.17) is 0 Å². The molecule has 0 unspecified atom stereocenters. The molecule has 0 atom stereocenters. The fourth-order valence-electron chi connectivity index (χ4n) is 0.240. The maximum Gasteiger partial charge on any atom is 2.00 e. The molecule has 0 N–H and O–H groups in total. The zero-order valence-electron chi connectivity index (χ0n) is 15.2. The number of hydrogen-bond donors (Lipinski definition) is 0. The van der Waals surface area contributed by atoms with Crippen molar-refractivity contribution in [1.82, 2.24) is 0 Å². The third-order valence-corrected chi connectivity index (χ3v) is 1.74. The molecule has 0 aromatic rings. The number of carbonyl (C=O) groups is 3. The predicted molar refractivity (Wildman–Crippen MR) is 76.8 cm³/mol. The van der Waals surface area contributed by atoms with Crippen LogP contribution in [0.2, 0.25) is 0 Å². The molecule has 0 rings (SSSR count). The maximum absolute atomic E-state index is 10.7. The van der Waals surface area contributed by atoms with Crippen molar-refractivity contribution in [3.63, 3.8) is 0 Å². The van der Waals surface area contributed by atoms with Crippen LogP contribution in [0.25, 0.3) is 0 Å². The Labute approximate surface area is 157 Å².